The Balaban J connectivity index is 2.69. The van der Waals surface area contributed by atoms with Crippen molar-refractivity contribution in [2.24, 2.45) is 7.05 Å². The van der Waals surface area contributed by atoms with Crippen LogP contribution in [0.2, 0.25) is 0 Å². The van der Waals surface area contributed by atoms with Gasteiger partial charge in [0, 0.05) is 24.9 Å². The number of hydrogen-bond donors (Lipinski definition) is 0. The van der Waals surface area contributed by atoms with E-state index >= 15 is 0 Å². The van der Waals surface area contributed by atoms with Crippen LogP contribution in [0.4, 0.5) is 0 Å². The van der Waals surface area contributed by atoms with Crippen LogP contribution in [-0.4, -0.2) is 4.57 Å². The van der Waals surface area contributed by atoms with E-state index < -0.39 is 0 Å². The Kier molecular flexibility index (Phi) is 1.72. The number of rotatable bonds is 1. The lowest BCUT2D eigenvalue weighted by molar-refractivity contribution is 0.578. The van der Waals surface area contributed by atoms with Crippen LogP contribution < -0.4 is 0 Å². The largest absolute Gasteiger partial charge is 0.460 e. The minimum atomic E-state index is 0.549. The Bertz CT molecular complexity index is 434. The second-order valence-corrected chi connectivity index (χ2v) is 3.89. The summed E-state index contributed by atoms with van der Waals surface area (Å²) >= 11 is 0. The van der Waals surface area contributed by atoms with Crippen molar-refractivity contribution in [3.63, 3.8) is 0 Å². The average Bonchev–Trinajstić information content (AvgIpc) is 2.51. The lowest BCUT2D eigenvalue weighted by Gasteiger charge is -2.05. The third-order valence-electron chi connectivity index (χ3n) is 2.48. The van der Waals surface area contributed by atoms with Crippen LogP contribution in [-0.2, 0) is 7.05 Å². The average molecular weight is 177 g/mol. The molecule has 0 bridgehead atoms. The van der Waals surface area contributed by atoms with Gasteiger partial charge in [-0.1, -0.05) is 13.8 Å². The van der Waals surface area contributed by atoms with Gasteiger partial charge in [0.05, 0.1) is 5.52 Å². The van der Waals surface area contributed by atoms with E-state index in [1.54, 1.807) is 0 Å². The molecule has 0 saturated heterocycles. The van der Waals surface area contributed by atoms with E-state index in [1.807, 2.05) is 6.92 Å². The van der Waals surface area contributed by atoms with Gasteiger partial charge < -0.3 is 8.98 Å². The first kappa shape index (κ1) is 8.42. The maximum absolute atomic E-state index is 5.56. The van der Waals surface area contributed by atoms with Crippen LogP contribution in [0.5, 0.6) is 0 Å². The molecular weight excluding hydrogens is 162 g/mol. The molecule has 0 aromatic carbocycles. The van der Waals surface area contributed by atoms with E-state index in [4.69, 9.17) is 4.42 Å². The zero-order chi connectivity index (χ0) is 9.59. The zero-order valence-corrected chi connectivity index (χ0v) is 8.59. The molecule has 2 aromatic heterocycles. The van der Waals surface area contributed by atoms with Crippen molar-refractivity contribution in [1.82, 2.24) is 4.57 Å². The van der Waals surface area contributed by atoms with E-state index in [1.165, 1.54) is 11.2 Å². The smallest absolute Gasteiger partial charge is 0.152 e. The molecule has 2 nitrogen and oxygen atoms in total. The molecule has 0 aliphatic heterocycles. The van der Waals surface area contributed by atoms with Gasteiger partial charge in [0.2, 0.25) is 0 Å². The highest BCUT2D eigenvalue weighted by Gasteiger charge is 2.11. The monoisotopic (exact) mass is 177 g/mol. The molecule has 0 amide bonds. The quantitative estimate of drug-likeness (QED) is 0.654. The minimum absolute atomic E-state index is 0.549. The molecule has 2 heteroatoms. The molecule has 0 saturated carbocycles. The Hall–Kier alpha value is -1.18. The van der Waals surface area contributed by atoms with Crippen molar-refractivity contribution >= 4 is 11.1 Å². The summed E-state index contributed by atoms with van der Waals surface area (Å²) in [5.41, 5.74) is 3.53. The summed E-state index contributed by atoms with van der Waals surface area (Å²) in [6.45, 7) is 6.37. The number of nitrogens with zero attached hydrogens (tertiary/aromatic N) is 1. The first-order chi connectivity index (χ1) is 6.09. The predicted molar refractivity (Wildman–Crippen MR) is 54.0 cm³/mol. The summed E-state index contributed by atoms with van der Waals surface area (Å²) in [5.74, 6) is 1.53. The van der Waals surface area contributed by atoms with Gasteiger partial charge in [-0.15, -0.1) is 0 Å². The van der Waals surface area contributed by atoms with E-state index in [0.29, 0.717) is 5.92 Å². The molecule has 0 fully saturated rings. The molecule has 2 heterocycles. The van der Waals surface area contributed by atoms with Gasteiger partial charge in [0.1, 0.15) is 5.76 Å². The van der Waals surface area contributed by atoms with Crippen LogP contribution in [0, 0.1) is 6.92 Å². The second-order valence-electron chi connectivity index (χ2n) is 3.89. The number of aryl methyl sites for hydroxylation is 2. The Morgan fingerprint density at radius 1 is 1.31 bits per heavy atom. The Labute approximate surface area is 78.2 Å². The van der Waals surface area contributed by atoms with Crippen molar-refractivity contribution in [3.8, 4) is 0 Å². The number of furan rings is 1. The lowest BCUT2D eigenvalue weighted by atomic mass is 10.1. The third kappa shape index (κ3) is 1.17. The lowest BCUT2D eigenvalue weighted by Crippen LogP contribution is -1.97. The van der Waals surface area contributed by atoms with Crippen LogP contribution in [0.25, 0.3) is 11.1 Å². The standard InChI is InChI=1S/C11H15NO/c1-7(2)9-6-11-10(12(9)4)5-8(3)13-11/h5-7H,1-4H3. The highest BCUT2D eigenvalue weighted by molar-refractivity contribution is 5.76. The van der Waals surface area contributed by atoms with Gasteiger partial charge >= 0.3 is 0 Å². The van der Waals surface area contributed by atoms with Crippen LogP contribution in [0.1, 0.15) is 31.2 Å². The van der Waals surface area contributed by atoms with Gasteiger partial charge in [0.15, 0.2) is 5.58 Å². The highest BCUT2D eigenvalue weighted by atomic mass is 16.3. The minimum Gasteiger partial charge on any atom is -0.460 e. The zero-order valence-electron chi connectivity index (χ0n) is 8.59. The first-order valence-electron chi connectivity index (χ1n) is 4.65. The third-order valence-corrected chi connectivity index (χ3v) is 2.48. The van der Waals surface area contributed by atoms with Crippen LogP contribution >= 0.6 is 0 Å². The molecule has 0 atom stereocenters. The molecule has 2 rings (SSSR count). The fourth-order valence-electron chi connectivity index (χ4n) is 1.81. The fourth-order valence-corrected chi connectivity index (χ4v) is 1.81. The molecule has 0 spiro atoms. The van der Waals surface area contributed by atoms with Crippen molar-refractivity contribution in [3.05, 3.63) is 23.6 Å². The molecular formula is C11H15NO. The van der Waals surface area contributed by atoms with E-state index in [9.17, 15) is 0 Å². The number of fused-ring (bicyclic) bond motifs is 1. The molecule has 0 N–H and O–H groups in total. The number of aromatic nitrogens is 1. The van der Waals surface area contributed by atoms with Crippen molar-refractivity contribution < 1.29 is 4.42 Å². The van der Waals surface area contributed by atoms with E-state index in [0.717, 1.165) is 11.3 Å². The van der Waals surface area contributed by atoms with E-state index in [-0.39, 0.29) is 0 Å². The Morgan fingerprint density at radius 2 is 2.00 bits per heavy atom. The summed E-state index contributed by atoms with van der Waals surface area (Å²) in [7, 11) is 2.09. The van der Waals surface area contributed by atoms with Gasteiger partial charge in [-0.25, -0.2) is 0 Å². The second kappa shape index (κ2) is 2.66. The molecule has 0 radical (unpaired) electrons. The number of hydrogen-bond acceptors (Lipinski definition) is 1. The summed E-state index contributed by atoms with van der Waals surface area (Å²) in [5, 5.41) is 0. The van der Waals surface area contributed by atoms with Gasteiger partial charge in [-0.2, -0.15) is 0 Å². The maximum Gasteiger partial charge on any atom is 0.152 e. The van der Waals surface area contributed by atoms with Gasteiger partial charge in [0.25, 0.3) is 0 Å². The molecule has 0 aliphatic carbocycles. The molecule has 70 valence electrons. The summed E-state index contributed by atoms with van der Waals surface area (Å²) in [4.78, 5) is 0. The van der Waals surface area contributed by atoms with E-state index in [2.05, 4.69) is 37.6 Å². The van der Waals surface area contributed by atoms with Crippen molar-refractivity contribution in [2.75, 3.05) is 0 Å². The topological polar surface area (TPSA) is 18.1 Å². The molecule has 0 unspecified atom stereocenters. The SMILES string of the molecule is Cc1cc2c(cc(C(C)C)n2C)o1. The van der Waals surface area contributed by atoms with Crippen molar-refractivity contribution in [2.45, 2.75) is 26.7 Å². The fraction of sp³-hybridized carbons (Fsp3) is 0.455. The molecule has 2 aromatic rings. The summed E-state index contributed by atoms with van der Waals surface area (Å²) < 4.78 is 7.76. The maximum atomic E-state index is 5.56. The van der Waals surface area contributed by atoms with Gasteiger partial charge in [-0.3, -0.25) is 0 Å². The highest BCUT2D eigenvalue weighted by Crippen LogP contribution is 2.26. The Morgan fingerprint density at radius 3 is 2.54 bits per heavy atom. The summed E-state index contributed by atoms with van der Waals surface area (Å²) in [6, 6.07) is 4.22. The van der Waals surface area contributed by atoms with Crippen LogP contribution in [0.15, 0.2) is 16.5 Å². The van der Waals surface area contributed by atoms with Crippen LogP contribution in [0.3, 0.4) is 0 Å². The molecule has 0 aliphatic rings. The van der Waals surface area contributed by atoms with Crippen molar-refractivity contribution in [1.29, 1.82) is 0 Å². The van der Waals surface area contributed by atoms with Gasteiger partial charge in [-0.05, 0) is 12.8 Å². The summed E-state index contributed by atoms with van der Waals surface area (Å²) in [6.07, 6.45) is 0. The predicted octanol–water partition coefficient (Wildman–Crippen LogP) is 3.20. The normalized spacial score (nSPS) is 11.8. The first-order valence-corrected chi connectivity index (χ1v) is 4.65. The molecule has 13 heavy (non-hydrogen) atoms.